The summed E-state index contributed by atoms with van der Waals surface area (Å²) in [6.07, 6.45) is 2.36. The lowest BCUT2D eigenvalue weighted by atomic mass is 10.1. The lowest BCUT2D eigenvalue weighted by molar-refractivity contribution is -0.120. The molecule has 2 aromatic heterocycles. The van der Waals surface area contributed by atoms with Crippen molar-refractivity contribution in [3.8, 4) is 0 Å². The molecule has 0 bridgehead atoms. The largest absolute Gasteiger partial charge is 0.467 e. The maximum Gasteiger partial charge on any atom is 0.252 e. The van der Waals surface area contributed by atoms with Crippen LogP contribution in [0, 0.1) is 0 Å². The molecule has 0 atom stereocenters. The van der Waals surface area contributed by atoms with Gasteiger partial charge in [0.05, 0.1) is 12.7 Å². The number of para-hydroxylation sites is 1. The Morgan fingerprint density at radius 3 is 2.92 bits per heavy atom. The Kier molecular flexibility index (Phi) is 5.64. The molecule has 0 unspecified atom stereocenters. The van der Waals surface area contributed by atoms with Crippen LogP contribution in [0.25, 0.3) is 10.9 Å². The first kappa shape index (κ1) is 17.0. The zero-order chi connectivity index (χ0) is 17.5. The summed E-state index contributed by atoms with van der Waals surface area (Å²) >= 11 is 0. The van der Waals surface area contributed by atoms with Gasteiger partial charge in [0.15, 0.2) is 0 Å². The van der Waals surface area contributed by atoms with Crippen LogP contribution in [-0.4, -0.2) is 24.0 Å². The summed E-state index contributed by atoms with van der Waals surface area (Å²) in [6, 6.07) is 12.9. The van der Waals surface area contributed by atoms with E-state index < -0.39 is 0 Å². The number of ether oxygens (including phenoxy) is 1. The number of carbonyl (C=O) groups excluding carboxylic acids is 1. The lowest BCUT2D eigenvalue weighted by Crippen LogP contribution is -2.29. The zero-order valence-corrected chi connectivity index (χ0v) is 13.8. The molecule has 0 aliphatic rings. The fourth-order valence-corrected chi connectivity index (χ4v) is 2.53. The number of hydrogen-bond donors (Lipinski definition) is 2. The first-order valence-corrected chi connectivity index (χ1v) is 8.20. The number of carbonyl (C=O) groups is 1. The van der Waals surface area contributed by atoms with Gasteiger partial charge in [-0.05, 0) is 36.1 Å². The van der Waals surface area contributed by atoms with E-state index in [1.807, 2.05) is 36.4 Å². The second-order valence-electron chi connectivity index (χ2n) is 5.72. The Hall–Kier alpha value is -2.86. The first-order valence-electron chi connectivity index (χ1n) is 8.20. The minimum Gasteiger partial charge on any atom is -0.467 e. The molecule has 0 fully saturated rings. The third-order valence-electron chi connectivity index (χ3n) is 3.79. The number of pyridine rings is 1. The van der Waals surface area contributed by atoms with Gasteiger partial charge in [-0.3, -0.25) is 9.59 Å². The van der Waals surface area contributed by atoms with Gasteiger partial charge in [-0.2, -0.15) is 0 Å². The summed E-state index contributed by atoms with van der Waals surface area (Å²) < 4.78 is 10.6. The Morgan fingerprint density at radius 2 is 2.08 bits per heavy atom. The van der Waals surface area contributed by atoms with Crippen LogP contribution in [0.1, 0.15) is 17.7 Å². The van der Waals surface area contributed by atoms with E-state index in [0.29, 0.717) is 31.7 Å². The van der Waals surface area contributed by atoms with Crippen LogP contribution in [0.2, 0.25) is 0 Å². The SMILES string of the molecule is O=C(Cc1cc2ccccc2[nH]c1=O)NCCCOCc1ccco1. The number of fused-ring (bicyclic) bond motifs is 1. The maximum atomic E-state index is 12.0. The van der Waals surface area contributed by atoms with Crippen molar-refractivity contribution in [3.05, 3.63) is 70.4 Å². The van der Waals surface area contributed by atoms with E-state index in [9.17, 15) is 9.59 Å². The van der Waals surface area contributed by atoms with Gasteiger partial charge in [0.2, 0.25) is 5.91 Å². The Morgan fingerprint density at radius 1 is 1.20 bits per heavy atom. The van der Waals surface area contributed by atoms with Crippen LogP contribution < -0.4 is 10.9 Å². The number of aromatic nitrogens is 1. The van der Waals surface area contributed by atoms with Gasteiger partial charge in [0, 0.05) is 24.2 Å². The molecule has 3 aromatic rings. The van der Waals surface area contributed by atoms with Crippen LogP contribution in [0.15, 0.2) is 57.9 Å². The van der Waals surface area contributed by atoms with Crippen LogP contribution in [0.4, 0.5) is 0 Å². The van der Waals surface area contributed by atoms with Gasteiger partial charge in [-0.15, -0.1) is 0 Å². The van der Waals surface area contributed by atoms with Crippen molar-refractivity contribution < 1.29 is 13.9 Å². The molecule has 6 nitrogen and oxygen atoms in total. The average Bonchev–Trinajstić information content (AvgIpc) is 3.12. The van der Waals surface area contributed by atoms with Gasteiger partial charge in [-0.25, -0.2) is 0 Å². The van der Waals surface area contributed by atoms with E-state index in [1.165, 1.54) is 0 Å². The molecule has 0 aliphatic heterocycles. The lowest BCUT2D eigenvalue weighted by Gasteiger charge is -2.06. The van der Waals surface area contributed by atoms with Crippen LogP contribution in [-0.2, 0) is 22.6 Å². The number of rotatable bonds is 8. The summed E-state index contributed by atoms with van der Waals surface area (Å²) in [5.74, 6) is 0.603. The molecule has 3 rings (SSSR count). The van der Waals surface area contributed by atoms with E-state index in [-0.39, 0.29) is 17.9 Å². The predicted octanol–water partition coefficient (Wildman–Crippen LogP) is 2.39. The molecule has 0 radical (unpaired) electrons. The van der Waals surface area contributed by atoms with Crippen molar-refractivity contribution in [2.45, 2.75) is 19.4 Å². The summed E-state index contributed by atoms with van der Waals surface area (Å²) in [6.45, 7) is 1.45. The molecule has 0 saturated carbocycles. The monoisotopic (exact) mass is 340 g/mol. The Labute approximate surface area is 144 Å². The van der Waals surface area contributed by atoms with E-state index in [4.69, 9.17) is 9.15 Å². The van der Waals surface area contributed by atoms with Gasteiger partial charge >= 0.3 is 0 Å². The molecule has 25 heavy (non-hydrogen) atoms. The van der Waals surface area contributed by atoms with Gasteiger partial charge in [0.1, 0.15) is 12.4 Å². The molecule has 2 heterocycles. The number of nitrogens with one attached hydrogen (secondary N) is 2. The minimum atomic E-state index is -0.226. The molecule has 2 N–H and O–H groups in total. The van der Waals surface area contributed by atoms with Crippen molar-refractivity contribution >= 4 is 16.8 Å². The van der Waals surface area contributed by atoms with Crippen LogP contribution in [0.5, 0.6) is 0 Å². The van der Waals surface area contributed by atoms with Gasteiger partial charge in [-0.1, -0.05) is 18.2 Å². The number of H-pyrrole nitrogens is 1. The summed E-state index contributed by atoms with van der Waals surface area (Å²) in [5.41, 5.74) is 1.01. The standard InChI is InChI=1S/C19H20N2O4/c22-18(20-8-4-9-24-13-16-6-3-10-25-16)12-15-11-14-5-1-2-7-17(14)21-19(15)23/h1-3,5-7,10-11H,4,8-9,12-13H2,(H,20,22)(H,21,23). The highest BCUT2D eigenvalue weighted by Crippen LogP contribution is 2.10. The fraction of sp³-hybridized carbons (Fsp3) is 0.263. The topological polar surface area (TPSA) is 84.3 Å². The molecule has 130 valence electrons. The summed E-state index contributed by atoms with van der Waals surface area (Å²) in [7, 11) is 0. The highest BCUT2D eigenvalue weighted by atomic mass is 16.5. The predicted molar refractivity (Wildman–Crippen MR) is 94.3 cm³/mol. The number of aromatic amines is 1. The normalized spacial score (nSPS) is 10.9. The molecule has 1 aromatic carbocycles. The molecule has 0 spiro atoms. The number of furan rings is 1. The summed E-state index contributed by atoms with van der Waals surface area (Å²) in [5, 5.41) is 3.72. The van der Waals surface area contributed by atoms with Crippen molar-refractivity contribution in [2.24, 2.45) is 0 Å². The molecule has 0 aliphatic carbocycles. The van der Waals surface area contributed by atoms with Crippen molar-refractivity contribution in [1.29, 1.82) is 0 Å². The quantitative estimate of drug-likeness (QED) is 0.617. The van der Waals surface area contributed by atoms with Crippen LogP contribution in [0.3, 0.4) is 0 Å². The smallest absolute Gasteiger partial charge is 0.252 e. The van der Waals surface area contributed by atoms with Crippen molar-refractivity contribution in [3.63, 3.8) is 0 Å². The second-order valence-corrected chi connectivity index (χ2v) is 5.72. The third-order valence-corrected chi connectivity index (χ3v) is 3.79. The minimum absolute atomic E-state index is 0.0629. The van der Waals surface area contributed by atoms with E-state index in [2.05, 4.69) is 10.3 Å². The molecule has 0 saturated heterocycles. The fourth-order valence-electron chi connectivity index (χ4n) is 2.53. The summed E-state index contributed by atoms with van der Waals surface area (Å²) in [4.78, 5) is 26.8. The number of benzene rings is 1. The second kappa shape index (κ2) is 8.30. The zero-order valence-electron chi connectivity index (χ0n) is 13.8. The first-order chi connectivity index (χ1) is 12.2. The van der Waals surface area contributed by atoms with Crippen LogP contribution >= 0.6 is 0 Å². The van der Waals surface area contributed by atoms with Gasteiger partial charge < -0.3 is 19.5 Å². The number of amides is 1. The highest BCUT2D eigenvalue weighted by molar-refractivity contribution is 5.82. The van der Waals surface area contributed by atoms with Crippen molar-refractivity contribution in [2.75, 3.05) is 13.2 Å². The van der Waals surface area contributed by atoms with E-state index in [1.54, 1.807) is 12.3 Å². The van der Waals surface area contributed by atoms with Crippen molar-refractivity contribution in [1.82, 2.24) is 10.3 Å². The van der Waals surface area contributed by atoms with E-state index in [0.717, 1.165) is 16.7 Å². The molecular weight excluding hydrogens is 320 g/mol. The average molecular weight is 340 g/mol. The Balaban J connectivity index is 1.42. The maximum absolute atomic E-state index is 12.0. The van der Waals surface area contributed by atoms with Gasteiger partial charge in [0.25, 0.3) is 5.56 Å². The Bertz CT molecular complexity index is 884. The third kappa shape index (κ3) is 4.81. The molecule has 1 amide bonds. The molecular formula is C19H20N2O4. The number of hydrogen-bond acceptors (Lipinski definition) is 4. The highest BCUT2D eigenvalue weighted by Gasteiger charge is 2.08. The van der Waals surface area contributed by atoms with E-state index >= 15 is 0 Å². The molecule has 6 heteroatoms.